The smallest absolute Gasteiger partial charge is 0.133 e. The second-order valence-corrected chi connectivity index (χ2v) is 3.51. The lowest BCUT2D eigenvalue weighted by Gasteiger charge is -2.16. The van der Waals surface area contributed by atoms with Crippen molar-refractivity contribution in [1.29, 1.82) is 0 Å². The Morgan fingerprint density at radius 1 is 1.58 bits per heavy atom. The molecule has 0 saturated heterocycles. The van der Waals surface area contributed by atoms with Crippen LogP contribution in [-0.2, 0) is 4.79 Å². The van der Waals surface area contributed by atoms with Crippen molar-refractivity contribution in [3.8, 4) is 0 Å². The Morgan fingerprint density at radius 2 is 2.33 bits per heavy atom. The average molecular weight is 168 g/mol. The van der Waals surface area contributed by atoms with Crippen LogP contribution in [-0.4, -0.2) is 31.1 Å². The highest BCUT2D eigenvalue weighted by molar-refractivity contribution is 5.82. The fourth-order valence-corrected chi connectivity index (χ4v) is 1.41. The fourth-order valence-electron chi connectivity index (χ4n) is 1.41. The van der Waals surface area contributed by atoms with Crippen LogP contribution in [0.4, 0.5) is 0 Å². The molecule has 0 aliphatic heterocycles. The van der Waals surface area contributed by atoms with Gasteiger partial charge >= 0.3 is 0 Å². The summed E-state index contributed by atoms with van der Waals surface area (Å²) >= 11 is 0. The molecule has 1 unspecified atom stereocenters. The summed E-state index contributed by atoms with van der Waals surface area (Å²) in [6.07, 6.45) is 5.51. The van der Waals surface area contributed by atoms with Crippen molar-refractivity contribution in [3.05, 3.63) is 0 Å². The molecule has 0 spiro atoms. The SMILES string of the molecule is CN(C)/N=C/C1CCCC(=O)C1. The van der Waals surface area contributed by atoms with Crippen molar-refractivity contribution in [2.75, 3.05) is 14.1 Å². The molecule has 3 heteroatoms. The lowest BCUT2D eigenvalue weighted by molar-refractivity contribution is -0.120. The van der Waals surface area contributed by atoms with Crippen LogP contribution in [0, 0.1) is 5.92 Å². The van der Waals surface area contributed by atoms with Gasteiger partial charge in [0.15, 0.2) is 0 Å². The van der Waals surface area contributed by atoms with E-state index in [9.17, 15) is 4.79 Å². The van der Waals surface area contributed by atoms with Crippen molar-refractivity contribution in [2.24, 2.45) is 11.0 Å². The van der Waals surface area contributed by atoms with Gasteiger partial charge < -0.3 is 5.01 Å². The zero-order valence-corrected chi connectivity index (χ0v) is 7.79. The highest BCUT2D eigenvalue weighted by Crippen LogP contribution is 2.19. The van der Waals surface area contributed by atoms with Crippen molar-refractivity contribution in [1.82, 2.24) is 5.01 Å². The van der Waals surface area contributed by atoms with E-state index >= 15 is 0 Å². The van der Waals surface area contributed by atoms with Gasteiger partial charge in [-0.3, -0.25) is 4.79 Å². The molecule has 12 heavy (non-hydrogen) atoms. The maximum Gasteiger partial charge on any atom is 0.133 e. The summed E-state index contributed by atoms with van der Waals surface area (Å²) in [5, 5.41) is 5.90. The Morgan fingerprint density at radius 3 is 2.92 bits per heavy atom. The Hall–Kier alpha value is -0.860. The van der Waals surface area contributed by atoms with Gasteiger partial charge in [-0.2, -0.15) is 5.10 Å². The van der Waals surface area contributed by atoms with E-state index in [0.717, 1.165) is 19.3 Å². The Kier molecular flexibility index (Phi) is 3.26. The minimum atomic E-state index is 0.383. The molecule has 0 aromatic heterocycles. The second kappa shape index (κ2) is 4.24. The minimum Gasteiger partial charge on any atom is -0.303 e. The number of hydrogen-bond donors (Lipinski definition) is 0. The number of Topliss-reactive ketones (excluding diaryl/α,β-unsaturated/α-hetero) is 1. The van der Waals surface area contributed by atoms with E-state index in [4.69, 9.17) is 0 Å². The Balaban J connectivity index is 2.36. The number of carbonyl (C=O) groups is 1. The zero-order valence-electron chi connectivity index (χ0n) is 7.79. The van der Waals surface area contributed by atoms with Crippen LogP contribution in [0.2, 0.25) is 0 Å². The molecule has 1 saturated carbocycles. The van der Waals surface area contributed by atoms with Crippen molar-refractivity contribution in [3.63, 3.8) is 0 Å². The lowest BCUT2D eigenvalue weighted by Crippen LogP contribution is -2.17. The zero-order chi connectivity index (χ0) is 8.97. The number of carbonyl (C=O) groups excluding carboxylic acids is 1. The standard InChI is InChI=1S/C9H16N2O/c1-11(2)10-7-8-4-3-5-9(12)6-8/h7-8H,3-6H2,1-2H3/b10-7+. The largest absolute Gasteiger partial charge is 0.303 e. The van der Waals surface area contributed by atoms with Gasteiger partial charge in [-0.25, -0.2) is 0 Å². The van der Waals surface area contributed by atoms with Gasteiger partial charge in [0.1, 0.15) is 5.78 Å². The first kappa shape index (κ1) is 9.23. The molecule has 1 aliphatic rings. The number of ketones is 1. The van der Waals surface area contributed by atoms with Crippen molar-refractivity contribution in [2.45, 2.75) is 25.7 Å². The predicted molar refractivity (Wildman–Crippen MR) is 49.1 cm³/mol. The molecular weight excluding hydrogens is 152 g/mol. The highest BCUT2D eigenvalue weighted by Gasteiger charge is 2.17. The summed E-state index contributed by atoms with van der Waals surface area (Å²) in [7, 11) is 3.78. The third kappa shape index (κ3) is 3.03. The van der Waals surface area contributed by atoms with E-state index in [0.29, 0.717) is 18.1 Å². The van der Waals surface area contributed by atoms with Crippen LogP contribution in [0.3, 0.4) is 0 Å². The van der Waals surface area contributed by atoms with Gasteiger partial charge in [0, 0.05) is 39.1 Å². The molecule has 0 radical (unpaired) electrons. The monoisotopic (exact) mass is 168 g/mol. The highest BCUT2D eigenvalue weighted by atomic mass is 16.1. The molecule has 0 bridgehead atoms. The minimum absolute atomic E-state index is 0.383. The molecule has 0 aromatic rings. The van der Waals surface area contributed by atoms with Crippen LogP contribution in [0.1, 0.15) is 25.7 Å². The summed E-state index contributed by atoms with van der Waals surface area (Å²) in [5.74, 6) is 0.769. The van der Waals surface area contributed by atoms with Crippen molar-refractivity contribution >= 4 is 12.0 Å². The van der Waals surface area contributed by atoms with Gasteiger partial charge in [0.05, 0.1) is 0 Å². The summed E-state index contributed by atoms with van der Waals surface area (Å²) in [6, 6.07) is 0. The van der Waals surface area contributed by atoms with Crippen molar-refractivity contribution < 1.29 is 4.79 Å². The molecule has 1 aliphatic carbocycles. The summed E-state index contributed by atoms with van der Waals surface area (Å²) in [5.41, 5.74) is 0. The third-order valence-electron chi connectivity index (χ3n) is 2.03. The van der Waals surface area contributed by atoms with Gasteiger partial charge in [0.2, 0.25) is 0 Å². The lowest BCUT2D eigenvalue weighted by atomic mass is 9.89. The quantitative estimate of drug-likeness (QED) is 0.460. The summed E-state index contributed by atoms with van der Waals surface area (Å²) in [6.45, 7) is 0. The Bertz CT molecular complexity index is 187. The van der Waals surface area contributed by atoms with E-state index < -0.39 is 0 Å². The second-order valence-electron chi connectivity index (χ2n) is 3.51. The predicted octanol–water partition coefficient (Wildman–Crippen LogP) is 1.29. The first-order valence-electron chi connectivity index (χ1n) is 4.41. The first-order valence-corrected chi connectivity index (χ1v) is 4.41. The molecule has 0 aromatic carbocycles. The molecule has 68 valence electrons. The molecular formula is C9H16N2O. The van der Waals surface area contributed by atoms with Crippen LogP contribution in [0.25, 0.3) is 0 Å². The van der Waals surface area contributed by atoms with E-state index in [1.807, 2.05) is 20.3 Å². The maximum absolute atomic E-state index is 11.0. The molecule has 0 amide bonds. The average Bonchev–Trinajstić information content (AvgIpc) is 2.01. The summed E-state index contributed by atoms with van der Waals surface area (Å²) in [4.78, 5) is 11.0. The fraction of sp³-hybridized carbons (Fsp3) is 0.778. The third-order valence-corrected chi connectivity index (χ3v) is 2.03. The first-order chi connectivity index (χ1) is 5.68. The number of hydrazone groups is 1. The van der Waals surface area contributed by atoms with Crippen LogP contribution in [0.5, 0.6) is 0 Å². The van der Waals surface area contributed by atoms with Crippen LogP contribution >= 0.6 is 0 Å². The van der Waals surface area contributed by atoms with Crippen LogP contribution in [0.15, 0.2) is 5.10 Å². The number of rotatable bonds is 2. The molecule has 1 atom stereocenters. The van der Waals surface area contributed by atoms with E-state index in [1.165, 1.54) is 0 Å². The van der Waals surface area contributed by atoms with Gasteiger partial charge in [-0.05, 0) is 12.8 Å². The van der Waals surface area contributed by atoms with Gasteiger partial charge in [-0.15, -0.1) is 0 Å². The molecule has 1 fully saturated rings. The normalized spacial score (nSPS) is 24.8. The Labute approximate surface area is 73.4 Å². The van der Waals surface area contributed by atoms with Gasteiger partial charge in [0.25, 0.3) is 0 Å². The summed E-state index contributed by atoms with van der Waals surface area (Å²) < 4.78 is 0. The van der Waals surface area contributed by atoms with Crippen LogP contribution < -0.4 is 0 Å². The maximum atomic E-state index is 11.0. The number of nitrogens with zero attached hydrogens (tertiary/aromatic N) is 2. The molecule has 3 nitrogen and oxygen atoms in total. The van der Waals surface area contributed by atoms with E-state index in [1.54, 1.807) is 5.01 Å². The number of hydrogen-bond acceptors (Lipinski definition) is 3. The molecule has 0 heterocycles. The molecule has 0 N–H and O–H groups in total. The molecule has 1 rings (SSSR count). The van der Waals surface area contributed by atoms with Gasteiger partial charge in [-0.1, -0.05) is 0 Å². The van der Waals surface area contributed by atoms with E-state index in [2.05, 4.69) is 5.10 Å². The van der Waals surface area contributed by atoms with E-state index in [-0.39, 0.29) is 0 Å². The topological polar surface area (TPSA) is 32.7 Å².